The number of rotatable bonds is 4. The lowest BCUT2D eigenvalue weighted by molar-refractivity contribution is 0.174. The van der Waals surface area contributed by atoms with Crippen molar-refractivity contribution in [2.24, 2.45) is 0 Å². The summed E-state index contributed by atoms with van der Waals surface area (Å²) in [7, 11) is 0. The molecule has 5 rings (SSSR count). The summed E-state index contributed by atoms with van der Waals surface area (Å²) in [6.45, 7) is 0.187. The summed E-state index contributed by atoms with van der Waals surface area (Å²) in [5.74, 6) is 1.91. The number of aromatic nitrogens is 4. The molecule has 4 aromatic rings. The number of benzene rings is 2. The number of hydrogen-bond donors (Lipinski definition) is 0. The number of halogens is 1. The van der Waals surface area contributed by atoms with Crippen molar-refractivity contribution in [2.45, 2.75) is 6.42 Å². The van der Waals surface area contributed by atoms with Gasteiger partial charge in [-0.1, -0.05) is 22.4 Å². The van der Waals surface area contributed by atoms with Crippen molar-refractivity contribution in [1.82, 2.24) is 20.3 Å². The van der Waals surface area contributed by atoms with Crippen molar-refractivity contribution in [2.75, 3.05) is 6.79 Å². The summed E-state index contributed by atoms with van der Waals surface area (Å²) in [5.41, 5.74) is 1.43. The number of hydrogen-bond acceptors (Lipinski definition) is 8. The zero-order chi connectivity index (χ0) is 18.2. The highest BCUT2D eigenvalue weighted by Gasteiger charge is 2.20. The molecule has 0 fully saturated rings. The molecule has 27 heavy (non-hydrogen) atoms. The van der Waals surface area contributed by atoms with Gasteiger partial charge in [0.25, 0.3) is 0 Å². The van der Waals surface area contributed by atoms with Crippen LogP contribution in [0, 0.1) is 5.82 Å². The van der Waals surface area contributed by atoms with Crippen molar-refractivity contribution < 1.29 is 22.9 Å². The first-order chi connectivity index (χ1) is 13.2. The van der Waals surface area contributed by atoms with Crippen molar-refractivity contribution in [3.8, 4) is 34.7 Å². The molecule has 2 aromatic heterocycles. The van der Waals surface area contributed by atoms with E-state index in [2.05, 4.69) is 20.3 Å². The molecule has 1 aliphatic heterocycles. The van der Waals surface area contributed by atoms with Crippen LogP contribution in [0.4, 0.5) is 4.39 Å². The van der Waals surface area contributed by atoms with Crippen molar-refractivity contribution in [3.05, 3.63) is 59.7 Å². The highest BCUT2D eigenvalue weighted by atomic mass is 19.1. The van der Waals surface area contributed by atoms with Gasteiger partial charge < -0.3 is 18.5 Å². The van der Waals surface area contributed by atoms with Gasteiger partial charge in [0.15, 0.2) is 17.3 Å². The lowest BCUT2D eigenvalue weighted by atomic mass is 10.1. The average Bonchev–Trinajstić information content (AvgIpc) is 3.41. The van der Waals surface area contributed by atoms with E-state index in [9.17, 15) is 4.39 Å². The third-order valence-electron chi connectivity index (χ3n) is 3.96. The molecule has 1 aliphatic rings. The Labute approximate surface area is 151 Å². The maximum Gasteiger partial charge on any atom is 0.316 e. The molecule has 0 aliphatic carbocycles. The van der Waals surface area contributed by atoms with Crippen LogP contribution in [0.15, 0.2) is 51.5 Å². The molecule has 9 heteroatoms. The third-order valence-corrected chi connectivity index (χ3v) is 3.96. The molecule has 8 nitrogen and oxygen atoms in total. The molecule has 0 radical (unpaired) electrons. The Morgan fingerprint density at radius 3 is 2.67 bits per heavy atom. The van der Waals surface area contributed by atoms with Crippen molar-refractivity contribution in [1.29, 1.82) is 0 Å². The Bertz CT molecular complexity index is 1120. The molecule has 0 N–H and O–H groups in total. The molecule has 2 aromatic carbocycles. The van der Waals surface area contributed by atoms with E-state index in [-0.39, 0.29) is 24.4 Å². The van der Waals surface area contributed by atoms with Gasteiger partial charge in [0, 0.05) is 12.0 Å². The van der Waals surface area contributed by atoms with Crippen LogP contribution in [-0.2, 0) is 6.42 Å². The molecular formula is C18H11FN4O4. The molecule has 3 heterocycles. The standard InChI is InChI=1S/C18H11FN4O4/c19-12-3-1-2-10(6-12)7-15-20-17(26-22-15)18-21-16(23-27-18)11-4-5-13-14(8-11)25-9-24-13/h1-6,8H,7,9H2. The minimum Gasteiger partial charge on any atom is -0.454 e. The Kier molecular flexibility index (Phi) is 3.56. The Morgan fingerprint density at radius 2 is 1.74 bits per heavy atom. The van der Waals surface area contributed by atoms with Gasteiger partial charge in [-0.3, -0.25) is 0 Å². The normalized spacial score (nSPS) is 12.5. The Hall–Kier alpha value is -3.75. The molecule has 0 amide bonds. The van der Waals surface area contributed by atoms with E-state index < -0.39 is 0 Å². The average molecular weight is 366 g/mol. The van der Waals surface area contributed by atoms with Crippen LogP contribution < -0.4 is 9.47 Å². The second kappa shape index (κ2) is 6.20. The second-order valence-electron chi connectivity index (χ2n) is 5.81. The van der Waals surface area contributed by atoms with Gasteiger partial charge in [-0.25, -0.2) is 4.39 Å². The van der Waals surface area contributed by atoms with Gasteiger partial charge in [-0.15, -0.1) is 0 Å². The fraction of sp³-hybridized carbons (Fsp3) is 0.111. The topological polar surface area (TPSA) is 96.3 Å². The second-order valence-corrected chi connectivity index (χ2v) is 5.81. The van der Waals surface area contributed by atoms with Crippen LogP contribution in [-0.4, -0.2) is 27.1 Å². The van der Waals surface area contributed by atoms with E-state index in [1.54, 1.807) is 30.3 Å². The van der Waals surface area contributed by atoms with Gasteiger partial charge in [-0.2, -0.15) is 9.97 Å². The van der Waals surface area contributed by atoms with Gasteiger partial charge in [-0.05, 0) is 35.9 Å². The fourth-order valence-corrected chi connectivity index (χ4v) is 2.71. The van der Waals surface area contributed by atoms with Crippen LogP contribution >= 0.6 is 0 Å². The first-order valence-corrected chi connectivity index (χ1v) is 8.06. The van der Waals surface area contributed by atoms with Gasteiger partial charge in [0.05, 0.1) is 0 Å². The highest BCUT2D eigenvalue weighted by molar-refractivity contribution is 5.62. The lowest BCUT2D eigenvalue weighted by Gasteiger charge is -1.97. The highest BCUT2D eigenvalue weighted by Crippen LogP contribution is 2.35. The van der Waals surface area contributed by atoms with Crippen molar-refractivity contribution >= 4 is 0 Å². The molecule has 0 unspecified atom stereocenters. The van der Waals surface area contributed by atoms with Gasteiger partial charge >= 0.3 is 11.8 Å². The summed E-state index contributed by atoms with van der Waals surface area (Å²) in [5, 5.41) is 7.81. The molecule has 0 saturated carbocycles. The predicted octanol–water partition coefficient (Wildman–Crippen LogP) is 3.25. The minimum atomic E-state index is -0.318. The molecule has 0 bridgehead atoms. The van der Waals surface area contributed by atoms with E-state index in [1.807, 2.05) is 0 Å². The van der Waals surface area contributed by atoms with E-state index in [0.717, 1.165) is 5.56 Å². The molecule has 0 atom stereocenters. The predicted molar refractivity (Wildman–Crippen MR) is 88.4 cm³/mol. The van der Waals surface area contributed by atoms with E-state index in [4.69, 9.17) is 18.5 Å². The fourth-order valence-electron chi connectivity index (χ4n) is 2.71. The first-order valence-electron chi connectivity index (χ1n) is 8.06. The number of nitrogens with zero attached hydrogens (tertiary/aromatic N) is 4. The Morgan fingerprint density at radius 1 is 0.889 bits per heavy atom. The lowest BCUT2D eigenvalue weighted by Crippen LogP contribution is -1.92. The van der Waals surface area contributed by atoms with Gasteiger partial charge in [0.1, 0.15) is 5.82 Å². The molecule has 0 spiro atoms. The van der Waals surface area contributed by atoms with E-state index in [1.165, 1.54) is 12.1 Å². The quantitative estimate of drug-likeness (QED) is 0.543. The van der Waals surface area contributed by atoms with E-state index >= 15 is 0 Å². The zero-order valence-corrected chi connectivity index (χ0v) is 13.8. The SMILES string of the molecule is Fc1cccc(Cc2noc(-c3nc(-c4ccc5c(c4)OCO5)no3)n2)c1. The van der Waals surface area contributed by atoms with Crippen LogP contribution in [0.5, 0.6) is 11.5 Å². The zero-order valence-electron chi connectivity index (χ0n) is 13.8. The first kappa shape index (κ1) is 15.5. The van der Waals surface area contributed by atoms with Crippen LogP contribution in [0.1, 0.15) is 11.4 Å². The smallest absolute Gasteiger partial charge is 0.316 e. The number of fused-ring (bicyclic) bond motifs is 1. The molecule has 0 saturated heterocycles. The monoisotopic (exact) mass is 366 g/mol. The summed E-state index contributed by atoms with van der Waals surface area (Å²) in [6.07, 6.45) is 0.324. The molecule has 134 valence electrons. The number of ether oxygens (including phenoxy) is 2. The van der Waals surface area contributed by atoms with Crippen LogP contribution in [0.25, 0.3) is 23.2 Å². The summed E-state index contributed by atoms with van der Waals surface area (Å²) in [4.78, 5) is 8.51. The van der Waals surface area contributed by atoms with E-state index in [0.29, 0.717) is 35.1 Å². The van der Waals surface area contributed by atoms with Crippen molar-refractivity contribution in [3.63, 3.8) is 0 Å². The maximum atomic E-state index is 13.3. The van der Waals surface area contributed by atoms with Crippen LogP contribution in [0.3, 0.4) is 0 Å². The summed E-state index contributed by atoms with van der Waals surface area (Å²) >= 11 is 0. The maximum absolute atomic E-state index is 13.3. The molecular weight excluding hydrogens is 355 g/mol. The summed E-state index contributed by atoms with van der Waals surface area (Å²) in [6, 6.07) is 11.5. The Balaban J connectivity index is 1.38. The van der Waals surface area contributed by atoms with Gasteiger partial charge in [0.2, 0.25) is 12.6 Å². The largest absolute Gasteiger partial charge is 0.454 e. The van der Waals surface area contributed by atoms with Crippen LogP contribution in [0.2, 0.25) is 0 Å². The summed E-state index contributed by atoms with van der Waals surface area (Å²) < 4.78 is 34.3. The minimum absolute atomic E-state index is 0.0978. The third kappa shape index (κ3) is 2.99.